The first-order valence-corrected chi connectivity index (χ1v) is 7.64. The van der Waals surface area contributed by atoms with Gasteiger partial charge in [-0.3, -0.25) is 9.59 Å². The minimum absolute atomic E-state index is 0.161. The predicted molar refractivity (Wildman–Crippen MR) is 88.1 cm³/mol. The van der Waals surface area contributed by atoms with Gasteiger partial charge < -0.3 is 21.3 Å². The van der Waals surface area contributed by atoms with Gasteiger partial charge in [0.2, 0.25) is 0 Å². The lowest BCUT2D eigenvalue weighted by atomic mass is 10.1. The van der Waals surface area contributed by atoms with Gasteiger partial charge in [0.1, 0.15) is 9.88 Å². The maximum atomic E-state index is 12.2. The van der Waals surface area contributed by atoms with Crippen molar-refractivity contribution in [3.05, 3.63) is 10.4 Å². The number of hydrogen-bond donors (Lipinski definition) is 3. The number of amides is 2. The van der Waals surface area contributed by atoms with Crippen LogP contribution in [-0.2, 0) is 0 Å². The fourth-order valence-corrected chi connectivity index (χ4v) is 2.87. The molecule has 0 radical (unpaired) electrons. The Morgan fingerprint density at radius 3 is 2.24 bits per heavy atom. The van der Waals surface area contributed by atoms with Crippen LogP contribution in [0.25, 0.3) is 0 Å². The van der Waals surface area contributed by atoms with E-state index in [1.807, 2.05) is 6.92 Å². The van der Waals surface area contributed by atoms with Gasteiger partial charge in [0.25, 0.3) is 11.8 Å². The van der Waals surface area contributed by atoms with Gasteiger partial charge >= 0.3 is 0 Å². The zero-order valence-electron chi connectivity index (χ0n) is 13.4. The molecule has 0 aliphatic rings. The summed E-state index contributed by atoms with van der Waals surface area (Å²) in [6.07, 6.45) is 0. The second-order valence-electron chi connectivity index (χ2n) is 5.50. The summed E-state index contributed by atoms with van der Waals surface area (Å²) in [5.41, 5.74) is 6.61. The molecule has 6 nitrogen and oxygen atoms in total. The lowest BCUT2D eigenvalue weighted by molar-refractivity contribution is 0.0833. The molecule has 1 rings (SSSR count). The van der Waals surface area contributed by atoms with Crippen LogP contribution in [0, 0.1) is 5.92 Å². The molecule has 21 heavy (non-hydrogen) atoms. The smallest absolute Gasteiger partial charge is 0.265 e. The minimum atomic E-state index is -0.292. The van der Waals surface area contributed by atoms with Gasteiger partial charge in [0.05, 0.1) is 11.3 Å². The maximum absolute atomic E-state index is 12.2. The molecule has 1 aromatic rings. The molecule has 0 spiro atoms. The number of nitrogens with zero attached hydrogens (tertiary/aromatic N) is 1. The summed E-state index contributed by atoms with van der Waals surface area (Å²) in [6.45, 7) is 6.20. The second-order valence-corrected chi connectivity index (χ2v) is 6.53. The van der Waals surface area contributed by atoms with E-state index in [1.165, 1.54) is 16.2 Å². The Morgan fingerprint density at radius 1 is 1.24 bits per heavy atom. The third-order valence-corrected chi connectivity index (χ3v) is 4.48. The molecule has 118 valence electrons. The summed E-state index contributed by atoms with van der Waals surface area (Å²) < 4.78 is 0. The quantitative estimate of drug-likeness (QED) is 0.774. The van der Waals surface area contributed by atoms with E-state index < -0.39 is 0 Å². The van der Waals surface area contributed by atoms with Crippen molar-refractivity contribution < 1.29 is 9.59 Å². The molecule has 0 fully saturated rings. The standard InChI is InChI=1S/C14H24N4O2S/c1-7(2)8(3)17-13-9(12(19)16-4)10(15)11(21-13)14(20)18(5)6/h7-8,17H,15H2,1-6H3,(H,16,19). The molecule has 0 saturated carbocycles. The van der Waals surface area contributed by atoms with Gasteiger partial charge in [-0.25, -0.2) is 0 Å². The van der Waals surface area contributed by atoms with Gasteiger partial charge in [0, 0.05) is 27.2 Å². The minimum Gasteiger partial charge on any atom is -0.397 e. The number of anilines is 2. The normalized spacial score (nSPS) is 12.1. The molecule has 0 bridgehead atoms. The number of nitrogens with two attached hydrogens (primary N) is 1. The first-order chi connectivity index (χ1) is 9.70. The third-order valence-electron chi connectivity index (χ3n) is 3.36. The number of thiophene rings is 1. The molecule has 0 aliphatic heterocycles. The molecule has 0 aromatic carbocycles. The van der Waals surface area contributed by atoms with E-state index in [1.54, 1.807) is 21.1 Å². The highest BCUT2D eigenvalue weighted by Gasteiger charge is 2.26. The van der Waals surface area contributed by atoms with E-state index >= 15 is 0 Å². The van der Waals surface area contributed by atoms with Crippen LogP contribution < -0.4 is 16.4 Å². The van der Waals surface area contributed by atoms with Gasteiger partial charge in [-0.15, -0.1) is 11.3 Å². The fraction of sp³-hybridized carbons (Fsp3) is 0.571. The highest BCUT2D eigenvalue weighted by molar-refractivity contribution is 7.19. The van der Waals surface area contributed by atoms with Crippen molar-refractivity contribution in [1.82, 2.24) is 10.2 Å². The van der Waals surface area contributed by atoms with E-state index in [0.717, 1.165) is 0 Å². The van der Waals surface area contributed by atoms with E-state index in [-0.39, 0.29) is 23.5 Å². The predicted octanol–water partition coefficient (Wildman–Crippen LogP) is 1.85. The molecule has 0 saturated heterocycles. The van der Waals surface area contributed by atoms with E-state index in [9.17, 15) is 9.59 Å². The summed E-state index contributed by atoms with van der Waals surface area (Å²) >= 11 is 1.22. The Hall–Kier alpha value is -1.76. The first-order valence-electron chi connectivity index (χ1n) is 6.83. The molecule has 7 heteroatoms. The number of nitrogens with one attached hydrogen (secondary N) is 2. The Labute approximate surface area is 129 Å². The maximum Gasteiger partial charge on any atom is 0.265 e. The van der Waals surface area contributed by atoms with Crippen molar-refractivity contribution in [3.63, 3.8) is 0 Å². The van der Waals surface area contributed by atoms with Crippen molar-refractivity contribution in [2.24, 2.45) is 5.92 Å². The average Bonchev–Trinajstić information content (AvgIpc) is 2.73. The Bertz CT molecular complexity index is 537. The van der Waals surface area contributed by atoms with E-state index in [0.29, 0.717) is 21.4 Å². The van der Waals surface area contributed by atoms with Crippen molar-refractivity contribution in [1.29, 1.82) is 0 Å². The van der Waals surface area contributed by atoms with Gasteiger partial charge in [-0.1, -0.05) is 13.8 Å². The van der Waals surface area contributed by atoms with Crippen LogP contribution in [0.5, 0.6) is 0 Å². The largest absolute Gasteiger partial charge is 0.397 e. The van der Waals surface area contributed by atoms with Crippen LogP contribution in [-0.4, -0.2) is 43.9 Å². The van der Waals surface area contributed by atoms with E-state index in [4.69, 9.17) is 5.73 Å². The topological polar surface area (TPSA) is 87.5 Å². The van der Waals surface area contributed by atoms with Crippen LogP contribution in [0.15, 0.2) is 0 Å². The summed E-state index contributed by atoms with van der Waals surface area (Å²) in [4.78, 5) is 26.1. The Kier molecular flexibility index (Phi) is 5.60. The molecule has 4 N–H and O–H groups in total. The lowest BCUT2D eigenvalue weighted by Crippen LogP contribution is -2.25. The fourth-order valence-electron chi connectivity index (χ4n) is 1.63. The van der Waals surface area contributed by atoms with Gasteiger partial charge in [0.15, 0.2) is 0 Å². The first kappa shape index (κ1) is 17.3. The lowest BCUT2D eigenvalue weighted by Gasteiger charge is -2.18. The van der Waals surface area contributed by atoms with Crippen LogP contribution in [0.4, 0.5) is 10.7 Å². The highest BCUT2D eigenvalue weighted by atomic mass is 32.1. The molecule has 0 aliphatic carbocycles. The molecule has 1 atom stereocenters. The summed E-state index contributed by atoms with van der Waals surface area (Å²) in [6, 6.07) is 0.161. The molecule has 1 aromatic heterocycles. The highest BCUT2D eigenvalue weighted by Crippen LogP contribution is 2.37. The van der Waals surface area contributed by atoms with Crippen LogP contribution in [0.3, 0.4) is 0 Å². The Balaban J connectivity index is 3.31. The average molecular weight is 312 g/mol. The number of carbonyl (C=O) groups is 2. The van der Waals surface area contributed by atoms with Crippen LogP contribution in [0.2, 0.25) is 0 Å². The van der Waals surface area contributed by atoms with E-state index in [2.05, 4.69) is 24.5 Å². The monoisotopic (exact) mass is 312 g/mol. The number of hydrogen-bond acceptors (Lipinski definition) is 5. The van der Waals surface area contributed by atoms with Gasteiger partial charge in [-0.2, -0.15) is 0 Å². The van der Waals surface area contributed by atoms with Crippen molar-refractivity contribution in [2.75, 3.05) is 32.2 Å². The zero-order chi connectivity index (χ0) is 16.3. The Morgan fingerprint density at radius 2 is 1.81 bits per heavy atom. The third kappa shape index (κ3) is 3.66. The van der Waals surface area contributed by atoms with Crippen molar-refractivity contribution in [2.45, 2.75) is 26.8 Å². The summed E-state index contributed by atoms with van der Waals surface area (Å²) in [5.74, 6) is -0.105. The van der Waals surface area contributed by atoms with Crippen LogP contribution in [0.1, 0.15) is 40.8 Å². The molecule has 2 amide bonds. The SMILES string of the molecule is CNC(=O)c1c(NC(C)C(C)C)sc(C(=O)N(C)C)c1N. The summed E-state index contributed by atoms with van der Waals surface area (Å²) in [7, 11) is 4.86. The molecule has 1 heterocycles. The van der Waals surface area contributed by atoms with Gasteiger partial charge in [-0.05, 0) is 12.8 Å². The molecular weight excluding hydrogens is 288 g/mol. The number of nitrogen functional groups attached to an aromatic ring is 1. The summed E-state index contributed by atoms with van der Waals surface area (Å²) in [5, 5.41) is 6.49. The van der Waals surface area contributed by atoms with Crippen LogP contribution >= 0.6 is 11.3 Å². The zero-order valence-corrected chi connectivity index (χ0v) is 14.2. The number of carbonyl (C=O) groups excluding carboxylic acids is 2. The molecule has 1 unspecified atom stereocenters. The number of rotatable bonds is 5. The van der Waals surface area contributed by atoms with Crippen molar-refractivity contribution >= 4 is 33.8 Å². The van der Waals surface area contributed by atoms with Crippen molar-refractivity contribution in [3.8, 4) is 0 Å². The second kappa shape index (κ2) is 6.80. The molecular formula is C14H24N4O2S.